The maximum Gasteiger partial charge on any atom is 0.161 e. The molecule has 0 unspecified atom stereocenters. The molecular formula is C22H28ClNO4. The van der Waals surface area contributed by atoms with Crippen molar-refractivity contribution in [3.63, 3.8) is 0 Å². The van der Waals surface area contributed by atoms with Gasteiger partial charge in [0.05, 0.1) is 19.8 Å². The van der Waals surface area contributed by atoms with Gasteiger partial charge < -0.3 is 19.3 Å². The van der Waals surface area contributed by atoms with E-state index in [9.17, 15) is 5.11 Å². The first-order valence-corrected chi connectivity index (χ1v) is 9.57. The second kappa shape index (κ2) is 10.2. The van der Waals surface area contributed by atoms with Gasteiger partial charge in [0.2, 0.25) is 0 Å². The maximum absolute atomic E-state index is 9.92. The van der Waals surface area contributed by atoms with Crippen molar-refractivity contribution in [2.45, 2.75) is 33.6 Å². The van der Waals surface area contributed by atoms with Gasteiger partial charge >= 0.3 is 0 Å². The number of hydrogen-bond donors (Lipinski definition) is 1. The van der Waals surface area contributed by atoms with Crippen LogP contribution in [0.1, 0.15) is 37.5 Å². The summed E-state index contributed by atoms with van der Waals surface area (Å²) in [4.78, 5) is 4.76. The molecular weight excluding hydrogens is 378 g/mol. The molecule has 0 radical (unpaired) electrons. The number of hydrogen-bond acceptors (Lipinski definition) is 5. The molecule has 0 aliphatic carbocycles. The molecule has 0 bridgehead atoms. The van der Waals surface area contributed by atoms with E-state index < -0.39 is 0 Å². The van der Waals surface area contributed by atoms with Crippen LogP contribution in [0.25, 0.3) is 0 Å². The van der Waals surface area contributed by atoms with Crippen LogP contribution in [0, 0.1) is 0 Å². The van der Waals surface area contributed by atoms with Crippen LogP contribution in [0.4, 0.5) is 0 Å². The maximum atomic E-state index is 9.92. The second-order valence-electron chi connectivity index (χ2n) is 6.31. The lowest BCUT2D eigenvalue weighted by molar-refractivity contribution is 0.287. The Hall–Kier alpha value is -2.40. The Balaban J connectivity index is 0.00000280. The third kappa shape index (κ3) is 4.90. The van der Waals surface area contributed by atoms with Crippen molar-refractivity contribution in [1.29, 1.82) is 0 Å². The number of phenols is 1. The van der Waals surface area contributed by atoms with Crippen LogP contribution in [0.3, 0.4) is 0 Å². The normalized spacial score (nSPS) is 12.5. The molecule has 0 spiro atoms. The first-order valence-electron chi connectivity index (χ1n) is 9.57. The lowest BCUT2D eigenvalue weighted by Crippen LogP contribution is -2.16. The minimum Gasteiger partial charge on any atom is -0.504 e. The average molecular weight is 406 g/mol. The van der Waals surface area contributed by atoms with Crippen molar-refractivity contribution in [3.8, 4) is 23.0 Å². The van der Waals surface area contributed by atoms with E-state index in [1.54, 1.807) is 6.07 Å². The zero-order valence-corrected chi connectivity index (χ0v) is 17.5. The number of rotatable bonds is 8. The molecule has 1 N–H and O–H groups in total. The molecule has 1 heterocycles. The number of nitrogens with zero attached hydrogens (tertiary/aromatic N) is 1. The van der Waals surface area contributed by atoms with Gasteiger partial charge in [0.15, 0.2) is 23.0 Å². The van der Waals surface area contributed by atoms with Crippen molar-refractivity contribution in [2.75, 3.05) is 26.4 Å². The number of benzene rings is 2. The third-order valence-corrected chi connectivity index (χ3v) is 4.46. The summed E-state index contributed by atoms with van der Waals surface area (Å²) in [7, 11) is 0. The number of phenolic OH excluding ortho intramolecular Hbond substituents is 1. The van der Waals surface area contributed by atoms with Gasteiger partial charge in [-0.2, -0.15) is 0 Å². The lowest BCUT2D eigenvalue weighted by Gasteiger charge is -2.21. The highest BCUT2D eigenvalue weighted by Crippen LogP contribution is 2.34. The van der Waals surface area contributed by atoms with Crippen LogP contribution in [-0.4, -0.2) is 37.2 Å². The topological polar surface area (TPSA) is 60.3 Å². The molecule has 0 atom stereocenters. The lowest BCUT2D eigenvalue weighted by atomic mass is 9.93. The molecule has 1 aliphatic heterocycles. The van der Waals surface area contributed by atoms with Crippen LogP contribution in [0.2, 0.25) is 0 Å². The molecule has 6 heteroatoms. The second-order valence-corrected chi connectivity index (χ2v) is 6.31. The Morgan fingerprint density at radius 2 is 1.54 bits per heavy atom. The smallest absolute Gasteiger partial charge is 0.161 e. The van der Waals surface area contributed by atoms with Crippen LogP contribution in [-0.2, 0) is 12.8 Å². The monoisotopic (exact) mass is 405 g/mol. The highest BCUT2D eigenvalue weighted by molar-refractivity contribution is 6.04. The van der Waals surface area contributed by atoms with E-state index >= 15 is 0 Å². The third-order valence-electron chi connectivity index (χ3n) is 4.46. The van der Waals surface area contributed by atoms with Crippen molar-refractivity contribution < 1.29 is 19.3 Å². The number of aliphatic imine (C=N–C) groups is 1. The summed E-state index contributed by atoms with van der Waals surface area (Å²) < 4.78 is 17.0. The molecule has 152 valence electrons. The summed E-state index contributed by atoms with van der Waals surface area (Å²) in [5, 5.41) is 9.92. The van der Waals surface area contributed by atoms with Gasteiger partial charge in [0.25, 0.3) is 0 Å². The molecule has 1 aliphatic rings. The first kappa shape index (κ1) is 21.9. The van der Waals surface area contributed by atoms with Gasteiger partial charge in [-0.15, -0.1) is 12.4 Å². The van der Waals surface area contributed by atoms with Crippen molar-refractivity contribution >= 4 is 18.1 Å². The minimum atomic E-state index is 0. The Labute approximate surface area is 172 Å². The van der Waals surface area contributed by atoms with Crippen LogP contribution in [0.5, 0.6) is 23.0 Å². The van der Waals surface area contributed by atoms with Gasteiger partial charge in [-0.05, 0) is 62.6 Å². The summed E-state index contributed by atoms with van der Waals surface area (Å²) in [5.41, 5.74) is 4.41. The van der Waals surface area contributed by atoms with E-state index in [2.05, 4.69) is 6.07 Å². The SMILES string of the molecule is CCOc1cc(CC2=NCCc3cc(OCC)c(OCC)cc32)ccc1O.Cl. The number of aromatic hydroxyl groups is 1. The highest BCUT2D eigenvalue weighted by atomic mass is 35.5. The van der Waals surface area contributed by atoms with Gasteiger partial charge in [-0.1, -0.05) is 6.07 Å². The zero-order valence-electron chi connectivity index (χ0n) is 16.7. The van der Waals surface area contributed by atoms with Gasteiger partial charge in [-0.25, -0.2) is 0 Å². The number of halogens is 1. The number of ether oxygens (including phenoxy) is 3. The predicted octanol–water partition coefficient (Wildman–Crippen LogP) is 4.60. The van der Waals surface area contributed by atoms with Crippen LogP contribution in [0.15, 0.2) is 35.3 Å². The minimum absolute atomic E-state index is 0. The first-order chi connectivity index (χ1) is 13.2. The molecule has 28 heavy (non-hydrogen) atoms. The molecule has 0 saturated heterocycles. The molecule has 0 aromatic heterocycles. The molecule has 5 nitrogen and oxygen atoms in total. The van der Waals surface area contributed by atoms with E-state index in [4.69, 9.17) is 19.2 Å². The molecule has 3 rings (SSSR count). The van der Waals surface area contributed by atoms with Crippen LogP contribution >= 0.6 is 12.4 Å². The standard InChI is InChI=1S/C22H27NO4.ClH/c1-4-25-20-12-15(7-8-19(20)24)11-18-17-14-22(27-6-3)21(26-5-2)13-16(17)9-10-23-18;/h7-8,12-14,24H,4-6,9-11H2,1-3H3;1H. The predicted molar refractivity (Wildman–Crippen MR) is 114 cm³/mol. The quantitative estimate of drug-likeness (QED) is 0.697. The summed E-state index contributed by atoms with van der Waals surface area (Å²) in [6.45, 7) is 8.31. The summed E-state index contributed by atoms with van der Waals surface area (Å²) in [6, 6.07) is 9.60. The van der Waals surface area contributed by atoms with E-state index in [0.717, 1.165) is 41.3 Å². The summed E-state index contributed by atoms with van der Waals surface area (Å²) >= 11 is 0. The summed E-state index contributed by atoms with van der Waals surface area (Å²) in [6.07, 6.45) is 1.57. The average Bonchev–Trinajstić information content (AvgIpc) is 2.66. The Kier molecular flexibility index (Phi) is 8.00. The summed E-state index contributed by atoms with van der Waals surface area (Å²) in [5.74, 6) is 2.22. The van der Waals surface area contributed by atoms with E-state index in [0.29, 0.717) is 32.0 Å². The highest BCUT2D eigenvalue weighted by Gasteiger charge is 2.19. The molecule has 2 aromatic carbocycles. The molecule has 2 aromatic rings. The van der Waals surface area contributed by atoms with E-state index in [-0.39, 0.29) is 18.2 Å². The molecule has 0 saturated carbocycles. The number of fused-ring (bicyclic) bond motifs is 1. The fourth-order valence-corrected chi connectivity index (χ4v) is 3.29. The van der Waals surface area contributed by atoms with Crippen molar-refractivity contribution in [2.24, 2.45) is 4.99 Å². The fraction of sp³-hybridized carbons (Fsp3) is 0.409. The van der Waals surface area contributed by atoms with E-state index in [1.807, 2.05) is 39.0 Å². The van der Waals surface area contributed by atoms with E-state index in [1.165, 1.54) is 5.56 Å². The molecule has 0 amide bonds. The van der Waals surface area contributed by atoms with Gasteiger partial charge in [0.1, 0.15) is 0 Å². The van der Waals surface area contributed by atoms with Gasteiger partial charge in [0, 0.05) is 24.2 Å². The fourth-order valence-electron chi connectivity index (χ4n) is 3.29. The van der Waals surface area contributed by atoms with Crippen LogP contribution < -0.4 is 14.2 Å². The Bertz CT molecular complexity index is 836. The van der Waals surface area contributed by atoms with Crippen molar-refractivity contribution in [1.82, 2.24) is 0 Å². The Morgan fingerprint density at radius 3 is 2.21 bits per heavy atom. The largest absolute Gasteiger partial charge is 0.504 e. The zero-order chi connectivity index (χ0) is 19.2. The van der Waals surface area contributed by atoms with Gasteiger partial charge in [-0.3, -0.25) is 4.99 Å². The Morgan fingerprint density at radius 1 is 0.893 bits per heavy atom. The molecule has 0 fully saturated rings. The van der Waals surface area contributed by atoms with Crippen molar-refractivity contribution in [3.05, 3.63) is 47.0 Å².